The molecule has 6 nitrogen and oxygen atoms in total. The standard InChI is InChI=1S/C24H19Cl2N3O3/c1-32-22-11-10-17(26)12-20(22)28-23(30)14-29-21-5-3-2-4-18(21)27-19(13-24(29)31)15-6-8-16(25)9-7-15/h2-12H,13-14H2,1H3,(H,28,30). The lowest BCUT2D eigenvalue weighted by Crippen LogP contribution is -2.38. The Kier molecular flexibility index (Phi) is 6.44. The number of amides is 2. The van der Waals surface area contributed by atoms with Crippen LogP contribution in [0.4, 0.5) is 17.1 Å². The summed E-state index contributed by atoms with van der Waals surface area (Å²) in [4.78, 5) is 32.2. The van der Waals surface area contributed by atoms with Gasteiger partial charge in [-0.1, -0.05) is 47.5 Å². The second kappa shape index (κ2) is 9.42. The van der Waals surface area contributed by atoms with E-state index in [-0.39, 0.29) is 24.8 Å². The van der Waals surface area contributed by atoms with Gasteiger partial charge in [-0.2, -0.15) is 0 Å². The molecule has 0 saturated carbocycles. The Balaban J connectivity index is 1.61. The molecule has 3 aromatic rings. The first-order valence-corrected chi connectivity index (χ1v) is 10.6. The SMILES string of the molecule is COc1ccc(Cl)cc1NC(=O)CN1C(=O)CC(c2ccc(Cl)cc2)=Nc2ccccc21. The van der Waals surface area contributed by atoms with Gasteiger partial charge < -0.3 is 15.0 Å². The molecular weight excluding hydrogens is 449 g/mol. The van der Waals surface area contributed by atoms with Gasteiger partial charge in [0.1, 0.15) is 12.3 Å². The number of halogens is 2. The summed E-state index contributed by atoms with van der Waals surface area (Å²) in [5.74, 6) is -0.153. The molecule has 0 atom stereocenters. The lowest BCUT2D eigenvalue weighted by molar-refractivity contribution is -0.120. The molecule has 0 spiro atoms. The number of rotatable bonds is 5. The van der Waals surface area contributed by atoms with Crippen molar-refractivity contribution in [3.63, 3.8) is 0 Å². The van der Waals surface area contributed by atoms with Crippen molar-refractivity contribution in [1.29, 1.82) is 0 Å². The Morgan fingerprint density at radius 3 is 2.53 bits per heavy atom. The number of methoxy groups -OCH3 is 1. The maximum atomic E-state index is 13.2. The minimum Gasteiger partial charge on any atom is -0.495 e. The number of carbonyl (C=O) groups is 2. The smallest absolute Gasteiger partial charge is 0.244 e. The van der Waals surface area contributed by atoms with E-state index in [2.05, 4.69) is 5.32 Å². The summed E-state index contributed by atoms with van der Waals surface area (Å²) in [6.07, 6.45) is 0.0457. The minimum absolute atomic E-state index is 0.0457. The summed E-state index contributed by atoms with van der Waals surface area (Å²) in [7, 11) is 1.50. The number of hydrogen-bond acceptors (Lipinski definition) is 4. The van der Waals surface area contributed by atoms with Crippen molar-refractivity contribution in [2.75, 3.05) is 23.9 Å². The normalized spacial score (nSPS) is 13.2. The highest BCUT2D eigenvalue weighted by Crippen LogP contribution is 2.33. The van der Waals surface area contributed by atoms with Crippen LogP contribution in [0.5, 0.6) is 5.75 Å². The van der Waals surface area contributed by atoms with Crippen LogP contribution in [-0.4, -0.2) is 31.2 Å². The van der Waals surface area contributed by atoms with Crippen LogP contribution < -0.4 is 15.0 Å². The first-order valence-electron chi connectivity index (χ1n) is 9.81. The second-order valence-corrected chi connectivity index (χ2v) is 7.98. The van der Waals surface area contributed by atoms with Crippen LogP contribution in [0.25, 0.3) is 0 Å². The number of nitrogens with one attached hydrogen (secondary N) is 1. The van der Waals surface area contributed by atoms with E-state index in [4.69, 9.17) is 32.9 Å². The number of ether oxygens (including phenoxy) is 1. The molecule has 0 aliphatic carbocycles. The maximum Gasteiger partial charge on any atom is 0.244 e. The number of aliphatic imine (C=N–C) groups is 1. The van der Waals surface area contributed by atoms with Crippen molar-refractivity contribution >= 4 is 57.8 Å². The topological polar surface area (TPSA) is 71.0 Å². The summed E-state index contributed by atoms with van der Waals surface area (Å²) in [5.41, 5.74) is 3.01. The van der Waals surface area contributed by atoms with E-state index >= 15 is 0 Å². The first-order chi connectivity index (χ1) is 15.4. The van der Waals surface area contributed by atoms with E-state index in [1.165, 1.54) is 12.0 Å². The molecule has 1 N–H and O–H groups in total. The van der Waals surface area contributed by atoms with Gasteiger partial charge in [0, 0.05) is 10.0 Å². The number of carbonyl (C=O) groups excluding carboxylic acids is 2. The predicted molar refractivity (Wildman–Crippen MR) is 128 cm³/mol. The zero-order chi connectivity index (χ0) is 22.7. The Hall–Kier alpha value is -3.35. The van der Waals surface area contributed by atoms with Gasteiger partial charge in [-0.05, 0) is 48.0 Å². The van der Waals surface area contributed by atoms with Crippen molar-refractivity contribution in [3.05, 3.63) is 82.3 Å². The summed E-state index contributed by atoms with van der Waals surface area (Å²) in [5, 5.41) is 3.83. The molecule has 0 fully saturated rings. The Morgan fingerprint density at radius 2 is 1.78 bits per heavy atom. The molecule has 0 radical (unpaired) electrons. The summed E-state index contributed by atoms with van der Waals surface area (Å²) in [6.45, 7) is -0.186. The Labute approximate surface area is 195 Å². The summed E-state index contributed by atoms with van der Waals surface area (Å²) >= 11 is 12.0. The van der Waals surface area contributed by atoms with Crippen LogP contribution >= 0.6 is 23.2 Å². The van der Waals surface area contributed by atoms with Crippen molar-refractivity contribution in [3.8, 4) is 5.75 Å². The molecule has 0 unspecified atom stereocenters. The highest BCUT2D eigenvalue weighted by atomic mass is 35.5. The quantitative estimate of drug-likeness (QED) is 0.538. The number of benzene rings is 3. The molecule has 8 heteroatoms. The van der Waals surface area contributed by atoms with Gasteiger partial charge in [-0.15, -0.1) is 0 Å². The van der Waals surface area contributed by atoms with Gasteiger partial charge in [-0.25, -0.2) is 0 Å². The summed E-state index contributed by atoms with van der Waals surface area (Å²) < 4.78 is 5.28. The Morgan fingerprint density at radius 1 is 1.06 bits per heavy atom. The molecule has 1 aliphatic rings. The van der Waals surface area contributed by atoms with Crippen LogP contribution in [0, 0.1) is 0 Å². The number of para-hydroxylation sites is 2. The zero-order valence-electron chi connectivity index (χ0n) is 17.1. The van der Waals surface area contributed by atoms with Crippen molar-refractivity contribution in [1.82, 2.24) is 0 Å². The molecule has 4 rings (SSSR count). The number of fused-ring (bicyclic) bond motifs is 1. The molecule has 3 aromatic carbocycles. The molecule has 162 valence electrons. The van der Waals surface area contributed by atoms with Crippen molar-refractivity contribution in [2.45, 2.75) is 6.42 Å². The molecule has 0 saturated heterocycles. The Bertz CT molecular complexity index is 1210. The molecular formula is C24H19Cl2N3O3. The fourth-order valence-electron chi connectivity index (χ4n) is 3.44. The van der Waals surface area contributed by atoms with E-state index < -0.39 is 0 Å². The van der Waals surface area contributed by atoms with Gasteiger partial charge in [-0.3, -0.25) is 14.6 Å². The van der Waals surface area contributed by atoms with Crippen molar-refractivity contribution < 1.29 is 14.3 Å². The molecule has 32 heavy (non-hydrogen) atoms. The highest BCUT2D eigenvalue weighted by Gasteiger charge is 2.27. The average Bonchev–Trinajstić information content (AvgIpc) is 2.91. The van der Waals surface area contributed by atoms with Crippen LogP contribution in [0.2, 0.25) is 10.0 Å². The first kappa shape index (κ1) is 21.9. The second-order valence-electron chi connectivity index (χ2n) is 7.10. The number of anilines is 2. The van der Waals surface area contributed by atoms with Crippen LogP contribution in [0.3, 0.4) is 0 Å². The van der Waals surface area contributed by atoms with E-state index in [9.17, 15) is 9.59 Å². The molecule has 0 aromatic heterocycles. The van der Waals surface area contributed by atoms with Gasteiger partial charge >= 0.3 is 0 Å². The lowest BCUT2D eigenvalue weighted by Gasteiger charge is -2.22. The third kappa shape index (κ3) is 4.77. The zero-order valence-corrected chi connectivity index (χ0v) is 18.7. The molecule has 1 aliphatic heterocycles. The highest BCUT2D eigenvalue weighted by molar-refractivity contribution is 6.31. The molecule has 0 bridgehead atoms. The lowest BCUT2D eigenvalue weighted by atomic mass is 10.1. The monoisotopic (exact) mass is 467 g/mol. The van der Waals surface area contributed by atoms with E-state index in [0.717, 1.165) is 5.56 Å². The summed E-state index contributed by atoms with van der Waals surface area (Å²) in [6, 6.07) is 19.3. The van der Waals surface area contributed by atoms with Gasteiger partial charge in [0.2, 0.25) is 11.8 Å². The molecule has 1 heterocycles. The fraction of sp³-hybridized carbons (Fsp3) is 0.125. The average molecular weight is 468 g/mol. The van der Waals surface area contributed by atoms with E-state index in [0.29, 0.717) is 38.6 Å². The largest absolute Gasteiger partial charge is 0.495 e. The van der Waals surface area contributed by atoms with E-state index in [1.54, 1.807) is 42.5 Å². The van der Waals surface area contributed by atoms with Gasteiger partial charge in [0.15, 0.2) is 0 Å². The third-order valence-electron chi connectivity index (χ3n) is 4.96. The van der Waals surface area contributed by atoms with Crippen LogP contribution in [0.15, 0.2) is 71.7 Å². The van der Waals surface area contributed by atoms with Gasteiger partial charge in [0.25, 0.3) is 0 Å². The van der Waals surface area contributed by atoms with Gasteiger partial charge in [0.05, 0.1) is 36.3 Å². The van der Waals surface area contributed by atoms with Crippen LogP contribution in [0.1, 0.15) is 12.0 Å². The minimum atomic E-state index is -0.385. The number of hydrogen-bond donors (Lipinski definition) is 1. The maximum absolute atomic E-state index is 13.2. The number of nitrogens with zero attached hydrogens (tertiary/aromatic N) is 2. The fourth-order valence-corrected chi connectivity index (χ4v) is 3.74. The van der Waals surface area contributed by atoms with Crippen molar-refractivity contribution in [2.24, 2.45) is 4.99 Å². The van der Waals surface area contributed by atoms with Crippen LogP contribution in [-0.2, 0) is 9.59 Å². The van der Waals surface area contributed by atoms with E-state index in [1.807, 2.05) is 24.3 Å². The predicted octanol–water partition coefficient (Wildman–Crippen LogP) is 5.50. The third-order valence-corrected chi connectivity index (χ3v) is 5.45. The molecule has 2 amide bonds.